The summed E-state index contributed by atoms with van der Waals surface area (Å²) >= 11 is 0. The predicted molar refractivity (Wildman–Crippen MR) is 61.5 cm³/mol. The first-order chi connectivity index (χ1) is 9.51. The number of aromatic nitrogens is 2. The highest BCUT2D eigenvalue weighted by atomic mass is 19.4. The molecule has 0 unspecified atom stereocenters. The highest BCUT2D eigenvalue weighted by Crippen LogP contribution is 2.31. The van der Waals surface area contributed by atoms with E-state index in [1.54, 1.807) is 12.1 Å². The zero-order valence-corrected chi connectivity index (χ0v) is 10.4. The van der Waals surface area contributed by atoms with E-state index in [2.05, 4.69) is 10.1 Å². The van der Waals surface area contributed by atoms with E-state index in [4.69, 9.17) is 8.94 Å². The molecule has 8 heteroatoms. The molecule has 2 aromatic heterocycles. The van der Waals surface area contributed by atoms with Gasteiger partial charge in [0.05, 0.1) is 19.4 Å². The van der Waals surface area contributed by atoms with Crippen LogP contribution in [0, 0.1) is 0 Å². The van der Waals surface area contributed by atoms with Gasteiger partial charge in [-0.15, -0.1) is 0 Å². The van der Waals surface area contributed by atoms with Crippen LogP contribution in [0.25, 0.3) is 11.6 Å². The maximum atomic E-state index is 12.5. The van der Waals surface area contributed by atoms with Crippen molar-refractivity contribution in [1.29, 1.82) is 0 Å². The van der Waals surface area contributed by atoms with Gasteiger partial charge in [0, 0.05) is 6.04 Å². The van der Waals surface area contributed by atoms with E-state index in [0.717, 1.165) is 12.8 Å². The van der Waals surface area contributed by atoms with Gasteiger partial charge in [0.2, 0.25) is 11.7 Å². The highest BCUT2D eigenvalue weighted by molar-refractivity contribution is 5.44. The molecule has 20 heavy (non-hydrogen) atoms. The van der Waals surface area contributed by atoms with Crippen molar-refractivity contribution in [1.82, 2.24) is 15.0 Å². The number of halogens is 3. The van der Waals surface area contributed by atoms with Gasteiger partial charge in [-0.2, -0.15) is 18.2 Å². The Morgan fingerprint density at radius 2 is 2.15 bits per heavy atom. The maximum absolute atomic E-state index is 12.5. The lowest BCUT2D eigenvalue weighted by atomic mass is 10.4. The molecule has 1 saturated carbocycles. The lowest BCUT2D eigenvalue weighted by Crippen LogP contribution is -2.35. The SMILES string of the molecule is FC(F)(F)CN(Cc1nc(-c2ccco2)no1)C1CC1. The molecule has 0 aromatic carbocycles. The second-order valence-electron chi connectivity index (χ2n) is 4.74. The van der Waals surface area contributed by atoms with E-state index >= 15 is 0 Å². The summed E-state index contributed by atoms with van der Waals surface area (Å²) in [5.41, 5.74) is 0. The Kier molecular flexibility index (Phi) is 3.25. The summed E-state index contributed by atoms with van der Waals surface area (Å²) in [4.78, 5) is 5.37. The Bertz CT molecular complexity index is 561. The summed E-state index contributed by atoms with van der Waals surface area (Å²) in [6.45, 7) is -0.964. The van der Waals surface area contributed by atoms with E-state index < -0.39 is 12.7 Å². The molecule has 1 fully saturated rings. The molecule has 108 valence electrons. The van der Waals surface area contributed by atoms with E-state index in [1.807, 2.05) is 0 Å². The molecule has 5 nitrogen and oxygen atoms in total. The van der Waals surface area contributed by atoms with Crippen molar-refractivity contribution < 1.29 is 22.1 Å². The molecule has 1 aliphatic rings. The zero-order valence-electron chi connectivity index (χ0n) is 10.4. The van der Waals surface area contributed by atoms with E-state index in [9.17, 15) is 13.2 Å². The molecule has 0 spiro atoms. The van der Waals surface area contributed by atoms with Crippen LogP contribution in [0.5, 0.6) is 0 Å². The third-order valence-corrected chi connectivity index (χ3v) is 2.99. The summed E-state index contributed by atoms with van der Waals surface area (Å²) in [6, 6.07) is 3.28. The van der Waals surface area contributed by atoms with Crippen molar-refractivity contribution in [2.45, 2.75) is 31.6 Å². The van der Waals surface area contributed by atoms with Crippen molar-refractivity contribution in [2.24, 2.45) is 0 Å². The minimum absolute atomic E-state index is 0.00210. The average molecular weight is 287 g/mol. The van der Waals surface area contributed by atoms with Crippen molar-refractivity contribution in [3.05, 3.63) is 24.3 Å². The Morgan fingerprint density at radius 1 is 1.35 bits per heavy atom. The number of furan rings is 1. The first-order valence-corrected chi connectivity index (χ1v) is 6.18. The van der Waals surface area contributed by atoms with Crippen LogP contribution in [-0.4, -0.2) is 33.8 Å². The standard InChI is InChI=1S/C12H12F3N3O2/c13-12(14,15)7-18(8-3-4-8)6-10-16-11(17-20-10)9-2-1-5-19-9/h1-2,5,8H,3-4,6-7H2. The molecule has 0 amide bonds. The molecule has 3 rings (SSSR count). The Labute approximate surface area is 112 Å². The van der Waals surface area contributed by atoms with Gasteiger partial charge in [0.25, 0.3) is 0 Å². The zero-order chi connectivity index (χ0) is 14.2. The number of hydrogen-bond acceptors (Lipinski definition) is 5. The second-order valence-corrected chi connectivity index (χ2v) is 4.74. The molecule has 0 saturated heterocycles. The van der Waals surface area contributed by atoms with Gasteiger partial charge in [-0.25, -0.2) is 0 Å². The van der Waals surface area contributed by atoms with E-state index in [0.29, 0.717) is 5.76 Å². The summed E-state index contributed by atoms with van der Waals surface area (Å²) in [5.74, 6) is 0.828. The van der Waals surface area contributed by atoms with Crippen LogP contribution >= 0.6 is 0 Å². The minimum atomic E-state index is -4.23. The highest BCUT2D eigenvalue weighted by Gasteiger charge is 2.38. The number of alkyl halides is 3. The monoisotopic (exact) mass is 287 g/mol. The van der Waals surface area contributed by atoms with Gasteiger partial charge in [-0.3, -0.25) is 4.90 Å². The summed E-state index contributed by atoms with van der Waals surface area (Å²) in [5, 5.41) is 3.70. The fourth-order valence-electron chi connectivity index (χ4n) is 1.98. The third-order valence-electron chi connectivity index (χ3n) is 2.99. The number of hydrogen-bond donors (Lipinski definition) is 0. The lowest BCUT2D eigenvalue weighted by Gasteiger charge is -2.21. The van der Waals surface area contributed by atoms with Gasteiger partial charge in [0.15, 0.2) is 5.76 Å². The molecule has 2 heterocycles. The first-order valence-electron chi connectivity index (χ1n) is 6.18. The molecular weight excluding hydrogens is 275 g/mol. The van der Waals surface area contributed by atoms with Crippen LogP contribution in [0.3, 0.4) is 0 Å². The molecule has 1 aliphatic carbocycles. The van der Waals surface area contributed by atoms with Gasteiger partial charge in [0.1, 0.15) is 0 Å². The van der Waals surface area contributed by atoms with Crippen molar-refractivity contribution in [2.75, 3.05) is 6.54 Å². The fourth-order valence-corrected chi connectivity index (χ4v) is 1.98. The first kappa shape index (κ1) is 13.2. The summed E-state index contributed by atoms with van der Waals surface area (Å²) in [6.07, 6.45) is -1.22. The van der Waals surface area contributed by atoms with E-state index in [1.165, 1.54) is 11.2 Å². The molecule has 0 bridgehead atoms. The predicted octanol–water partition coefficient (Wildman–Crippen LogP) is 2.86. The number of rotatable bonds is 5. The number of nitrogens with zero attached hydrogens (tertiary/aromatic N) is 3. The second kappa shape index (κ2) is 4.93. The van der Waals surface area contributed by atoms with Crippen LogP contribution in [0.2, 0.25) is 0 Å². The normalized spacial score (nSPS) is 16.0. The van der Waals surface area contributed by atoms with Crippen molar-refractivity contribution in [3.8, 4) is 11.6 Å². The third kappa shape index (κ3) is 3.19. The molecular formula is C12H12F3N3O2. The van der Waals surface area contributed by atoms with Crippen LogP contribution in [0.1, 0.15) is 18.7 Å². The molecule has 0 aliphatic heterocycles. The summed E-state index contributed by atoms with van der Waals surface area (Å²) in [7, 11) is 0. The van der Waals surface area contributed by atoms with Crippen LogP contribution in [0.4, 0.5) is 13.2 Å². The van der Waals surface area contributed by atoms with Crippen LogP contribution < -0.4 is 0 Å². The molecule has 0 N–H and O–H groups in total. The quantitative estimate of drug-likeness (QED) is 0.846. The summed E-state index contributed by atoms with van der Waals surface area (Å²) < 4.78 is 47.6. The smallest absolute Gasteiger partial charge is 0.401 e. The van der Waals surface area contributed by atoms with Crippen molar-refractivity contribution >= 4 is 0 Å². The van der Waals surface area contributed by atoms with Crippen LogP contribution in [-0.2, 0) is 6.54 Å². The lowest BCUT2D eigenvalue weighted by molar-refractivity contribution is -0.149. The molecule has 0 atom stereocenters. The van der Waals surface area contributed by atoms with Crippen molar-refractivity contribution in [3.63, 3.8) is 0 Å². The molecule has 0 radical (unpaired) electrons. The largest absolute Gasteiger partial charge is 0.461 e. The van der Waals surface area contributed by atoms with Crippen LogP contribution in [0.15, 0.2) is 27.3 Å². The van der Waals surface area contributed by atoms with Gasteiger partial charge in [-0.1, -0.05) is 5.16 Å². The Morgan fingerprint density at radius 3 is 2.75 bits per heavy atom. The van der Waals surface area contributed by atoms with Gasteiger partial charge in [-0.05, 0) is 25.0 Å². The maximum Gasteiger partial charge on any atom is 0.401 e. The average Bonchev–Trinajstić information content (AvgIpc) is 2.88. The minimum Gasteiger partial charge on any atom is -0.461 e. The fraction of sp³-hybridized carbons (Fsp3) is 0.500. The molecule has 2 aromatic rings. The van der Waals surface area contributed by atoms with Gasteiger partial charge < -0.3 is 8.94 Å². The van der Waals surface area contributed by atoms with E-state index in [-0.39, 0.29) is 24.3 Å². The Balaban J connectivity index is 1.69. The topological polar surface area (TPSA) is 55.3 Å². The van der Waals surface area contributed by atoms with Gasteiger partial charge >= 0.3 is 6.18 Å². The Hall–Kier alpha value is -1.83.